The second-order valence-electron chi connectivity index (χ2n) is 6.97. The van der Waals surface area contributed by atoms with Crippen LogP contribution in [0.25, 0.3) is 4.96 Å². The molecule has 0 spiro atoms. The molecule has 168 valence electrons. The van der Waals surface area contributed by atoms with Crippen molar-refractivity contribution in [3.63, 3.8) is 0 Å². The lowest BCUT2D eigenvalue weighted by molar-refractivity contribution is 0.0467. The van der Waals surface area contributed by atoms with E-state index < -0.39 is 5.97 Å². The quantitative estimate of drug-likeness (QED) is 0.418. The number of amides is 1. The molecule has 2 aromatic carbocycles. The van der Waals surface area contributed by atoms with E-state index in [1.165, 1.54) is 28.0 Å². The normalized spacial score (nSPS) is 10.7. The first-order valence-corrected chi connectivity index (χ1v) is 10.9. The Morgan fingerprint density at radius 1 is 1.09 bits per heavy atom. The van der Waals surface area contributed by atoms with Gasteiger partial charge in [0.25, 0.3) is 11.5 Å². The summed E-state index contributed by atoms with van der Waals surface area (Å²) in [6, 6.07) is 14.4. The molecule has 2 heterocycles. The Morgan fingerprint density at radius 2 is 1.88 bits per heavy atom. The van der Waals surface area contributed by atoms with E-state index in [1.54, 1.807) is 49.6 Å². The fourth-order valence-electron chi connectivity index (χ4n) is 3.01. The van der Waals surface area contributed by atoms with Crippen LogP contribution in [-0.4, -0.2) is 33.6 Å². The molecule has 0 aliphatic heterocycles. The maximum Gasteiger partial charge on any atom is 0.338 e. The molecule has 0 saturated carbocycles. The number of methoxy groups -OCH3 is 1. The summed E-state index contributed by atoms with van der Waals surface area (Å²) in [5.74, 6) is -0.276. The number of fused-ring (bicyclic) bond motifs is 1. The minimum Gasteiger partial charge on any atom is -0.497 e. The first kappa shape index (κ1) is 22.2. The molecule has 4 rings (SSSR count). The van der Waals surface area contributed by atoms with E-state index in [-0.39, 0.29) is 23.6 Å². The summed E-state index contributed by atoms with van der Waals surface area (Å²) < 4.78 is 11.7. The van der Waals surface area contributed by atoms with Crippen molar-refractivity contribution in [1.82, 2.24) is 14.6 Å². The second kappa shape index (κ2) is 9.61. The number of benzene rings is 2. The zero-order chi connectivity index (χ0) is 23.4. The number of carbonyl (C=O) groups excluding carboxylic acids is 2. The van der Waals surface area contributed by atoms with Crippen LogP contribution >= 0.6 is 11.3 Å². The number of nitrogens with zero attached hydrogens (tertiary/aromatic N) is 3. The number of carbonyl (C=O) groups is 2. The number of anilines is 1. The van der Waals surface area contributed by atoms with Crippen LogP contribution in [0.15, 0.2) is 59.4 Å². The maximum atomic E-state index is 12.5. The van der Waals surface area contributed by atoms with Gasteiger partial charge in [-0.1, -0.05) is 24.3 Å². The predicted octanol–water partition coefficient (Wildman–Crippen LogP) is 3.33. The van der Waals surface area contributed by atoms with Gasteiger partial charge in [-0.05, 0) is 48.9 Å². The van der Waals surface area contributed by atoms with Gasteiger partial charge in [0, 0.05) is 17.3 Å². The number of ether oxygens (including phenoxy) is 2. The Morgan fingerprint density at radius 3 is 2.61 bits per heavy atom. The molecule has 0 unspecified atom stereocenters. The number of aryl methyl sites for hydroxylation is 1. The van der Waals surface area contributed by atoms with Crippen molar-refractivity contribution in [3.05, 3.63) is 86.8 Å². The minimum atomic E-state index is -0.601. The molecule has 1 N–H and O–H groups in total. The zero-order valence-electron chi connectivity index (χ0n) is 17.9. The molecule has 2 aromatic heterocycles. The predicted molar refractivity (Wildman–Crippen MR) is 123 cm³/mol. The van der Waals surface area contributed by atoms with Gasteiger partial charge in [-0.3, -0.25) is 9.59 Å². The number of rotatable bonds is 7. The van der Waals surface area contributed by atoms with Crippen LogP contribution < -0.4 is 15.6 Å². The standard InChI is InChI=1S/C23H20N4O5S/c1-3-19-26-27-20(28)12-17(25-23(27)33-19)13-32-22(30)15-5-4-6-16(11-15)24-21(29)14-7-9-18(31-2)10-8-14/h4-12H,3,13H2,1-2H3,(H,24,29). The van der Waals surface area contributed by atoms with Gasteiger partial charge in [-0.25, -0.2) is 9.78 Å². The van der Waals surface area contributed by atoms with Crippen molar-refractivity contribution in [3.8, 4) is 5.75 Å². The fourth-order valence-corrected chi connectivity index (χ4v) is 3.86. The minimum absolute atomic E-state index is 0.160. The lowest BCUT2D eigenvalue weighted by Crippen LogP contribution is -2.17. The van der Waals surface area contributed by atoms with Crippen LogP contribution in [0.3, 0.4) is 0 Å². The van der Waals surface area contributed by atoms with Crippen molar-refractivity contribution in [2.45, 2.75) is 20.0 Å². The summed E-state index contributed by atoms with van der Waals surface area (Å²) >= 11 is 1.32. The van der Waals surface area contributed by atoms with Crippen LogP contribution in [0.1, 0.15) is 38.3 Å². The second-order valence-corrected chi connectivity index (χ2v) is 8.01. The third-order valence-electron chi connectivity index (χ3n) is 4.70. The molecule has 0 aliphatic carbocycles. The van der Waals surface area contributed by atoms with Crippen LogP contribution in [0, 0.1) is 0 Å². The molecule has 9 nitrogen and oxygen atoms in total. The van der Waals surface area contributed by atoms with Gasteiger partial charge in [0.2, 0.25) is 4.96 Å². The highest BCUT2D eigenvalue weighted by atomic mass is 32.1. The fraction of sp³-hybridized carbons (Fsp3) is 0.174. The lowest BCUT2D eigenvalue weighted by atomic mass is 10.1. The van der Waals surface area contributed by atoms with Crippen LogP contribution in [-0.2, 0) is 17.8 Å². The Labute approximate surface area is 192 Å². The van der Waals surface area contributed by atoms with Crippen molar-refractivity contribution in [1.29, 1.82) is 0 Å². The summed E-state index contributed by atoms with van der Waals surface area (Å²) in [5.41, 5.74) is 1.16. The third kappa shape index (κ3) is 5.07. The first-order valence-electron chi connectivity index (χ1n) is 10.1. The molecule has 1 amide bonds. The summed E-state index contributed by atoms with van der Waals surface area (Å²) in [5, 5.41) is 7.73. The average molecular weight is 465 g/mol. The molecule has 4 aromatic rings. The molecule has 0 aliphatic rings. The number of aromatic nitrogens is 3. The molecule has 0 bridgehead atoms. The van der Waals surface area contributed by atoms with E-state index in [1.807, 2.05) is 6.92 Å². The Bertz CT molecular complexity index is 1380. The molecular formula is C23H20N4O5S. The zero-order valence-corrected chi connectivity index (χ0v) is 18.7. The van der Waals surface area contributed by atoms with Crippen molar-refractivity contribution >= 4 is 33.9 Å². The topological polar surface area (TPSA) is 112 Å². The molecule has 0 atom stereocenters. The van der Waals surface area contributed by atoms with Crippen molar-refractivity contribution < 1.29 is 19.1 Å². The Kier molecular flexibility index (Phi) is 6.45. The number of esters is 1. The van der Waals surface area contributed by atoms with E-state index in [9.17, 15) is 14.4 Å². The highest BCUT2D eigenvalue weighted by molar-refractivity contribution is 7.16. The van der Waals surface area contributed by atoms with Crippen LogP contribution in [0.2, 0.25) is 0 Å². The smallest absolute Gasteiger partial charge is 0.338 e. The van der Waals surface area contributed by atoms with E-state index >= 15 is 0 Å². The van der Waals surface area contributed by atoms with Gasteiger partial charge in [0.1, 0.15) is 17.4 Å². The van der Waals surface area contributed by atoms with Crippen molar-refractivity contribution in [2.24, 2.45) is 0 Å². The highest BCUT2D eigenvalue weighted by Crippen LogP contribution is 2.16. The van der Waals surface area contributed by atoms with Crippen molar-refractivity contribution in [2.75, 3.05) is 12.4 Å². The average Bonchev–Trinajstić information content (AvgIpc) is 3.27. The Hall–Kier alpha value is -4.05. The van der Waals surface area contributed by atoms with Gasteiger partial charge in [0.05, 0.1) is 18.4 Å². The van der Waals surface area contributed by atoms with Crippen LogP contribution in [0.5, 0.6) is 5.75 Å². The molecule has 0 radical (unpaired) electrons. The largest absolute Gasteiger partial charge is 0.497 e. The van der Waals surface area contributed by atoms with E-state index in [0.29, 0.717) is 34.1 Å². The lowest BCUT2D eigenvalue weighted by Gasteiger charge is -2.08. The van der Waals surface area contributed by atoms with Gasteiger partial charge in [-0.15, -0.1) is 0 Å². The summed E-state index contributed by atoms with van der Waals surface area (Å²) in [4.78, 5) is 42.0. The van der Waals surface area contributed by atoms with Gasteiger partial charge < -0.3 is 14.8 Å². The molecule has 10 heteroatoms. The SMILES string of the molecule is CCc1nn2c(=O)cc(COC(=O)c3cccc(NC(=O)c4ccc(OC)cc4)c3)nc2s1. The highest BCUT2D eigenvalue weighted by Gasteiger charge is 2.13. The number of hydrogen-bond acceptors (Lipinski definition) is 8. The monoisotopic (exact) mass is 464 g/mol. The first-order chi connectivity index (χ1) is 16.0. The van der Waals surface area contributed by atoms with E-state index in [4.69, 9.17) is 9.47 Å². The van der Waals surface area contributed by atoms with Gasteiger partial charge in [-0.2, -0.15) is 9.61 Å². The van der Waals surface area contributed by atoms with Gasteiger partial charge >= 0.3 is 5.97 Å². The Balaban J connectivity index is 1.42. The number of nitrogens with one attached hydrogen (secondary N) is 1. The molecular weight excluding hydrogens is 444 g/mol. The maximum absolute atomic E-state index is 12.5. The third-order valence-corrected chi connectivity index (χ3v) is 5.75. The van der Waals surface area contributed by atoms with E-state index in [2.05, 4.69) is 15.4 Å². The summed E-state index contributed by atoms with van der Waals surface area (Å²) in [7, 11) is 1.55. The molecule has 0 saturated heterocycles. The van der Waals surface area contributed by atoms with E-state index in [0.717, 1.165) is 5.01 Å². The molecule has 33 heavy (non-hydrogen) atoms. The number of hydrogen-bond donors (Lipinski definition) is 1. The summed E-state index contributed by atoms with van der Waals surface area (Å²) in [6.07, 6.45) is 0.698. The molecule has 0 fully saturated rings. The van der Waals surface area contributed by atoms with Gasteiger partial charge in [0.15, 0.2) is 0 Å². The summed E-state index contributed by atoms with van der Waals surface area (Å²) in [6.45, 7) is 1.78. The van der Waals surface area contributed by atoms with Crippen LogP contribution in [0.4, 0.5) is 5.69 Å².